The van der Waals surface area contributed by atoms with E-state index in [9.17, 15) is 28.8 Å². The Bertz CT molecular complexity index is 1230. The number of methoxy groups -OCH3 is 6. The zero-order valence-corrected chi connectivity index (χ0v) is 20.4. The van der Waals surface area contributed by atoms with Crippen LogP contribution in [0.4, 0.5) is 0 Å². The Labute approximate surface area is 204 Å². The molecular weight excluding hydrogens is 480 g/mol. The van der Waals surface area contributed by atoms with Crippen molar-refractivity contribution >= 4 is 35.8 Å². The van der Waals surface area contributed by atoms with Crippen molar-refractivity contribution in [2.75, 3.05) is 42.7 Å². The molecule has 0 heterocycles. The van der Waals surface area contributed by atoms with Gasteiger partial charge in [-0.25, -0.2) is 14.4 Å². The quantitative estimate of drug-likeness (QED) is 0.256. The van der Waals surface area contributed by atoms with Gasteiger partial charge in [-0.2, -0.15) is 0 Å². The summed E-state index contributed by atoms with van der Waals surface area (Å²) in [6.07, 6.45) is 1.52. The third-order valence-electron chi connectivity index (χ3n) is 9.27. The molecule has 36 heavy (non-hydrogen) atoms. The third kappa shape index (κ3) is 1.89. The molecule has 0 saturated heterocycles. The van der Waals surface area contributed by atoms with Gasteiger partial charge in [-0.05, 0) is 5.92 Å². The van der Waals surface area contributed by atoms with Gasteiger partial charge >= 0.3 is 35.8 Å². The molecule has 0 bridgehead atoms. The molecule has 0 radical (unpaired) electrons. The minimum Gasteiger partial charge on any atom is -0.469 e. The molecule has 0 aliphatic heterocycles. The van der Waals surface area contributed by atoms with Crippen molar-refractivity contribution in [1.82, 2.24) is 0 Å². The van der Waals surface area contributed by atoms with Gasteiger partial charge < -0.3 is 28.4 Å². The van der Waals surface area contributed by atoms with E-state index in [0.717, 1.165) is 42.7 Å². The number of hydrogen-bond donors (Lipinski definition) is 0. The van der Waals surface area contributed by atoms with E-state index in [-0.39, 0.29) is 16.7 Å². The zero-order valence-electron chi connectivity index (χ0n) is 20.4. The van der Waals surface area contributed by atoms with E-state index in [1.165, 1.54) is 6.08 Å². The number of hydrogen-bond acceptors (Lipinski definition) is 12. The third-order valence-corrected chi connectivity index (χ3v) is 9.27. The molecule has 192 valence electrons. The summed E-state index contributed by atoms with van der Waals surface area (Å²) in [6, 6.07) is 0. The minimum absolute atomic E-state index is 0.00408. The standard InChI is InChI=1S/C24H24O12/c1-31-16(25)9-7-8-12-15(22(8,9)19(28)34-4)24(21(30)36-6)14-11(18(27)33-3)10(17(26)32-2)13(14)23(12,24)20(29)35-5/h7-8,12-15H,1-6H3/t8-,12+,13-,14+,15+,22-,23+,24+/m0/s1. The molecule has 3 fully saturated rings. The van der Waals surface area contributed by atoms with E-state index in [1.54, 1.807) is 0 Å². The lowest BCUT2D eigenvalue weighted by Crippen LogP contribution is -2.98. The minimum atomic E-state index is -1.80. The summed E-state index contributed by atoms with van der Waals surface area (Å²) in [6.45, 7) is 0. The molecule has 0 amide bonds. The first kappa shape index (κ1) is 24.0. The van der Waals surface area contributed by atoms with Crippen molar-refractivity contribution in [3.05, 3.63) is 22.8 Å². The summed E-state index contributed by atoms with van der Waals surface area (Å²) in [4.78, 5) is 78.6. The molecule has 0 unspecified atom stereocenters. The first-order chi connectivity index (χ1) is 17.1. The number of allylic oxidation sites excluding steroid dienone is 1. The average Bonchev–Trinajstić information content (AvgIpc) is 2.87. The van der Waals surface area contributed by atoms with E-state index in [4.69, 9.17) is 28.4 Å². The molecular formula is C24H24O12. The zero-order chi connectivity index (χ0) is 26.5. The second-order valence-electron chi connectivity index (χ2n) is 9.45. The Morgan fingerprint density at radius 2 is 1.06 bits per heavy atom. The summed E-state index contributed by atoms with van der Waals surface area (Å²) >= 11 is 0. The maximum Gasteiger partial charge on any atom is 0.334 e. The average molecular weight is 504 g/mol. The van der Waals surface area contributed by atoms with Gasteiger partial charge in [-0.1, -0.05) is 6.08 Å². The lowest BCUT2D eigenvalue weighted by molar-refractivity contribution is -0.416. The Balaban J connectivity index is 1.79. The second-order valence-corrected chi connectivity index (χ2v) is 9.45. The number of rotatable bonds is 6. The first-order valence-electron chi connectivity index (χ1n) is 11.1. The Morgan fingerprint density at radius 3 is 1.50 bits per heavy atom. The Hall–Kier alpha value is -3.70. The number of ether oxygens (including phenoxy) is 6. The molecule has 8 atom stereocenters. The largest absolute Gasteiger partial charge is 0.469 e. The molecule has 0 N–H and O–H groups in total. The van der Waals surface area contributed by atoms with Crippen LogP contribution in [0.5, 0.6) is 0 Å². The van der Waals surface area contributed by atoms with E-state index in [1.807, 2.05) is 0 Å². The Morgan fingerprint density at radius 1 is 0.611 bits per heavy atom. The number of carbonyl (C=O) groups excluding carboxylic acids is 6. The van der Waals surface area contributed by atoms with Gasteiger partial charge in [0.05, 0.1) is 70.2 Å². The monoisotopic (exact) mass is 504 g/mol. The van der Waals surface area contributed by atoms with Crippen LogP contribution in [0.2, 0.25) is 0 Å². The van der Waals surface area contributed by atoms with Crippen molar-refractivity contribution in [3.63, 3.8) is 0 Å². The molecule has 0 aromatic carbocycles. The summed E-state index contributed by atoms with van der Waals surface area (Å²) in [5.74, 6) is -9.23. The molecule has 12 heteroatoms. The van der Waals surface area contributed by atoms with Gasteiger partial charge in [0, 0.05) is 23.7 Å². The van der Waals surface area contributed by atoms with Crippen LogP contribution in [0.3, 0.4) is 0 Å². The molecule has 0 aromatic rings. The van der Waals surface area contributed by atoms with Crippen molar-refractivity contribution in [3.8, 4) is 0 Å². The van der Waals surface area contributed by atoms with E-state index >= 15 is 0 Å². The normalized spacial score (nSPS) is 39.6. The molecule has 3 saturated carbocycles. The van der Waals surface area contributed by atoms with Gasteiger partial charge in [-0.3, -0.25) is 14.4 Å². The van der Waals surface area contributed by atoms with Crippen molar-refractivity contribution in [2.45, 2.75) is 0 Å². The van der Waals surface area contributed by atoms with Crippen molar-refractivity contribution in [1.29, 1.82) is 0 Å². The van der Waals surface area contributed by atoms with Crippen LogP contribution < -0.4 is 0 Å². The topological polar surface area (TPSA) is 158 Å². The van der Waals surface area contributed by atoms with Crippen LogP contribution in [0.25, 0.3) is 0 Å². The van der Waals surface area contributed by atoms with E-state index < -0.39 is 81.7 Å². The molecule has 5 rings (SSSR count). The van der Waals surface area contributed by atoms with Crippen LogP contribution in [0, 0.1) is 45.8 Å². The summed E-state index contributed by atoms with van der Waals surface area (Å²) in [7, 11) is 6.79. The van der Waals surface area contributed by atoms with E-state index in [0.29, 0.717) is 0 Å². The predicted molar refractivity (Wildman–Crippen MR) is 112 cm³/mol. The lowest BCUT2D eigenvalue weighted by Gasteiger charge is -2.91. The molecule has 12 nitrogen and oxygen atoms in total. The summed E-state index contributed by atoms with van der Waals surface area (Å²) in [5, 5.41) is 0. The van der Waals surface area contributed by atoms with Gasteiger partial charge in [-0.15, -0.1) is 0 Å². The highest BCUT2D eigenvalue weighted by atomic mass is 16.5. The fourth-order valence-electron chi connectivity index (χ4n) is 8.44. The molecule has 5 aliphatic carbocycles. The lowest BCUT2D eigenvalue weighted by atomic mass is 9.07. The molecule has 0 aromatic heterocycles. The van der Waals surface area contributed by atoms with Crippen LogP contribution in [0.15, 0.2) is 22.8 Å². The van der Waals surface area contributed by atoms with Gasteiger partial charge in [0.15, 0.2) is 0 Å². The summed E-state index contributed by atoms with van der Waals surface area (Å²) in [5.41, 5.74) is -5.24. The van der Waals surface area contributed by atoms with Crippen LogP contribution in [-0.4, -0.2) is 78.5 Å². The van der Waals surface area contributed by atoms with Gasteiger partial charge in [0.2, 0.25) is 0 Å². The number of fused-ring (bicyclic) bond motifs is 10. The molecule has 0 spiro atoms. The second kappa shape index (κ2) is 7.17. The smallest absolute Gasteiger partial charge is 0.334 e. The maximum atomic E-state index is 13.7. The van der Waals surface area contributed by atoms with Gasteiger partial charge in [0.25, 0.3) is 0 Å². The first-order valence-corrected chi connectivity index (χ1v) is 11.1. The van der Waals surface area contributed by atoms with Crippen LogP contribution in [-0.2, 0) is 57.2 Å². The SMILES string of the molecule is COC(=O)C1=C[C@H]2[C@@H]3[C@H]([C@@]12C(=O)OC)[C@@]1(C(=O)OC)[C@@H]2C(C(=O)OC)=C(C(=O)OC)[C@@H]2[C@@]31C(=O)OC. The van der Waals surface area contributed by atoms with Crippen LogP contribution >= 0.6 is 0 Å². The summed E-state index contributed by atoms with van der Waals surface area (Å²) < 4.78 is 30.0. The van der Waals surface area contributed by atoms with E-state index in [2.05, 4.69) is 0 Å². The fourth-order valence-corrected chi connectivity index (χ4v) is 8.44. The highest BCUT2D eigenvalue weighted by Crippen LogP contribution is 2.97. The maximum absolute atomic E-state index is 13.7. The number of carbonyl (C=O) groups is 6. The highest BCUT2D eigenvalue weighted by Gasteiger charge is 3.05. The van der Waals surface area contributed by atoms with Crippen molar-refractivity contribution < 1.29 is 57.2 Å². The fraction of sp³-hybridized carbons (Fsp3) is 0.583. The highest BCUT2D eigenvalue weighted by molar-refractivity contribution is 6.13. The van der Waals surface area contributed by atoms with Gasteiger partial charge in [0.1, 0.15) is 5.41 Å². The Kier molecular flexibility index (Phi) is 4.78. The number of esters is 6. The van der Waals surface area contributed by atoms with Crippen molar-refractivity contribution in [2.24, 2.45) is 45.8 Å². The van der Waals surface area contributed by atoms with Crippen LogP contribution in [0.1, 0.15) is 0 Å². The molecule has 5 aliphatic rings. The predicted octanol–water partition coefficient (Wildman–Crippen LogP) is -0.644.